The van der Waals surface area contributed by atoms with E-state index >= 15 is 0 Å². The van der Waals surface area contributed by atoms with Crippen LogP contribution in [0.2, 0.25) is 0 Å². The lowest BCUT2D eigenvalue weighted by atomic mass is 10.1. The molecule has 6 aromatic rings. The van der Waals surface area contributed by atoms with Gasteiger partial charge in [0.05, 0.1) is 0 Å². The smallest absolute Gasteiger partial charge is 0.134 e. The molecule has 0 saturated heterocycles. The summed E-state index contributed by atoms with van der Waals surface area (Å²) in [7, 11) is 0. The number of ether oxygens (including phenoxy) is 11. The summed E-state index contributed by atoms with van der Waals surface area (Å²) in [6.45, 7) is 41.4. The Morgan fingerprint density at radius 2 is 0.282 bits per heavy atom. The third-order valence-electron chi connectivity index (χ3n) is 9.07. The monoisotopic (exact) mass is 1080 g/mol. The second-order valence-electron chi connectivity index (χ2n) is 25.8. The Labute approximate surface area is 463 Å². The minimum Gasteiger partial charge on any atom is -0.508 e. The van der Waals surface area contributed by atoms with Crippen LogP contribution in [0.25, 0.3) is 0 Å². The molecule has 14 nitrogen and oxygen atoms in total. The molecule has 0 saturated carbocycles. The van der Waals surface area contributed by atoms with Gasteiger partial charge in [-0.3, -0.25) is 0 Å². The third kappa shape index (κ3) is 23.4. The molecule has 0 spiro atoms. The van der Waals surface area contributed by atoms with Crippen LogP contribution in [0.4, 0.5) is 0 Å². The number of phenolic OH excluding ortho intramolecular Hbond substituents is 3. The average Bonchev–Trinajstić information content (AvgIpc) is 3.15. The van der Waals surface area contributed by atoms with Gasteiger partial charge in [0.25, 0.3) is 0 Å². The summed E-state index contributed by atoms with van der Waals surface area (Å²) in [6, 6.07) is 30.2. The van der Waals surface area contributed by atoms with Crippen LogP contribution in [-0.2, 0) is 0 Å². The molecule has 0 aliphatic heterocycles. The first-order valence-corrected chi connectivity index (χ1v) is 26.1. The maximum Gasteiger partial charge on any atom is 0.134 e. The fraction of sp³-hybridized carbons (Fsp3) is 0.438. The van der Waals surface area contributed by atoms with Crippen LogP contribution in [0.1, 0.15) is 145 Å². The topological polar surface area (TPSA) is 162 Å². The Kier molecular flexibility index (Phi) is 18.6. The maximum absolute atomic E-state index is 10.2. The molecule has 0 aromatic heterocycles. The van der Waals surface area contributed by atoms with Crippen LogP contribution >= 0.6 is 0 Å². The molecule has 0 atom stereocenters. The zero-order chi connectivity index (χ0) is 58.4. The summed E-state index contributed by atoms with van der Waals surface area (Å²) in [5.74, 6) is 7.28. The molecule has 0 unspecified atom stereocenters. The van der Waals surface area contributed by atoms with Crippen molar-refractivity contribution in [1.29, 1.82) is 0 Å². The van der Waals surface area contributed by atoms with E-state index in [9.17, 15) is 15.3 Å². The molecular formula is C64H84O14. The van der Waals surface area contributed by atoms with Gasteiger partial charge in [0, 0.05) is 109 Å². The van der Waals surface area contributed by atoms with Gasteiger partial charge in [0.15, 0.2) is 0 Å². The summed E-state index contributed by atoms with van der Waals surface area (Å²) in [5.41, 5.74) is -2.96. The molecule has 3 N–H and O–H groups in total. The van der Waals surface area contributed by atoms with E-state index in [1.165, 1.54) is 36.4 Å². The van der Waals surface area contributed by atoms with E-state index in [4.69, 9.17) is 52.1 Å². The van der Waals surface area contributed by atoms with E-state index in [-0.39, 0.29) is 28.7 Å². The van der Waals surface area contributed by atoms with E-state index in [2.05, 4.69) is 0 Å². The summed E-state index contributed by atoms with van der Waals surface area (Å²) < 4.78 is 67.1. The molecule has 0 radical (unpaired) electrons. The van der Waals surface area contributed by atoms with Crippen molar-refractivity contribution in [3.05, 3.63) is 109 Å². The van der Waals surface area contributed by atoms with E-state index < -0.39 is 39.2 Å². The van der Waals surface area contributed by atoms with Crippen LogP contribution < -0.4 is 52.1 Å². The minimum absolute atomic E-state index is 0.0190. The first-order chi connectivity index (χ1) is 35.5. The van der Waals surface area contributed by atoms with E-state index in [1.54, 1.807) is 18.2 Å². The number of rotatable bonds is 15. The van der Waals surface area contributed by atoms with Crippen molar-refractivity contribution in [3.63, 3.8) is 0 Å². The fourth-order valence-electron chi connectivity index (χ4n) is 7.21. The quantitative estimate of drug-likeness (QED) is 0.0890. The summed E-state index contributed by atoms with van der Waals surface area (Å²) in [6.07, 6.45) is 0. The molecule has 0 fully saturated rings. The summed E-state index contributed by atoms with van der Waals surface area (Å²) in [4.78, 5) is 0. The van der Waals surface area contributed by atoms with Gasteiger partial charge in [0.2, 0.25) is 0 Å². The Bertz CT molecular complexity index is 2710. The van der Waals surface area contributed by atoms with Crippen molar-refractivity contribution in [2.75, 3.05) is 0 Å². The minimum atomic E-state index is -0.451. The number of phenols is 3. The molecule has 0 amide bonds. The van der Waals surface area contributed by atoms with E-state index in [0.29, 0.717) is 74.7 Å². The Morgan fingerprint density at radius 3 is 0.436 bits per heavy atom. The van der Waals surface area contributed by atoms with E-state index in [0.717, 1.165) is 0 Å². The lowest BCUT2D eigenvalue weighted by Gasteiger charge is -2.25. The average molecular weight is 1080 g/mol. The van der Waals surface area contributed by atoms with Gasteiger partial charge in [-0.25, -0.2) is 0 Å². The second kappa shape index (κ2) is 23.6. The van der Waals surface area contributed by atoms with Crippen LogP contribution in [0.3, 0.4) is 0 Å². The zero-order valence-electron chi connectivity index (χ0n) is 49.7. The van der Waals surface area contributed by atoms with Gasteiger partial charge in [0.1, 0.15) is 143 Å². The molecule has 424 valence electrons. The normalized spacial score (nSPS) is 12.3. The van der Waals surface area contributed by atoms with Crippen LogP contribution in [-0.4, -0.2) is 54.5 Å². The molecule has 14 heteroatoms. The van der Waals surface area contributed by atoms with Crippen molar-refractivity contribution in [3.8, 4) is 103 Å². The Hall–Kier alpha value is -7.48. The van der Waals surface area contributed by atoms with Crippen molar-refractivity contribution >= 4 is 0 Å². The zero-order valence-corrected chi connectivity index (χ0v) is 49.7. The molecule has 6 rings (SSSR count). The van der Waals surface area contributed by atoms with E-state index in [1.807, 2.05) is 200 Å². The maximum atomic E-state index is 10.2. The van der Waals surface area contributed by atoms with Gasteiger partial charge in [-0.15, -0.1) is 0 Å². The highest BCUT2D eigenvalue weighted by molar-refractivity contribution is 5.52. The second-order valence-corrected chi connectivity index (χ2v) is 25.8. The highest BCUT2D eigenvalue weighted by Gasteiger charge is 2.22. The number of hydrogen-bond donors (Lipinski definition) is 3. The van der Waals surface area contributed by atoms with Crippen molar-refractivity contribution in [2.45, 2.75) is 185 Å². The molecule has 0 bridgehead atoms. The van der Waals surface area contributed by atoms with Crippen molar-refractivity contribution in [2.24, 2.45) is 0 Å². The Balaban J connectivity index is 0.000000301. The predicted molar refractivity (Wildman–Crippen MR) is 307 cm³/mol. The number of aromatic hydroxyl groups is 3. The number of hydrogen-bond acceptors (Lipinski definition) is 14. The van der Waals surface area contributed by atoms with Crippen molar-refractivity contribution in [1.82, 2.24) is 0 Å². The lowest BCUT2D eigenvalue weighted by molar-refractivity contribution is 0.119. The molecule has 78 heavy (non-hydrogen) atoms. The highest BCUT2D eigenvalue weighted by atomic mass is 16.5. The Morgan fingerprint density at radius 1 is 0.179 bits per heavy atom. The van der Waals surface area contributed by atoms with Crippen LogP contribution in [0.5, 0.6) is 103 Å². The fourth-order valence-corrected chi connectivity index (χ4v) is 7.21. The molecule has 0 aliphatic rings. The first kappa shape index (κ1) is 61.4. The van der Waals surface area contributed by atoms with Crippen LogP contribution in [0, 0.1) is 0 Å². The van der Waals surface area contributed by atoms with Crippen LogP contribution in [0.15, 0.2) is 109 Å². The lowest BCUT2D eigenvalue weighted by Crippen LogP contribution is -2.24. The number of benzene rings is 6. The van der Waals surface area contributed by atoms with Gasteiger partial charge in [-0.1, -0.05) is 0 Å². The largest absolute Gasteiger partial charge is 0.508 e. The molecule has 0 heterocycles. The first-order valence-electron chi connectivity index (χ1n) is 26.1. The summed E-state index contributed by atoms with van der Waals surface area (Å²) in [5, 5.41) is 30.2. The van der Waals surface area contributed by atoms with Gasteiger partial charge in [-0.2, -0.15) is 0 Å². The molecule has 6 aromatic carbocycles. The van der Waals surface area contributed by atoms with Crippen molar-refractivity contribution < 1.29 is 67.4 Å². The summed E-state index contributed by atoms with van der Waals surface area (Å²) >= 11 is 0. The SMILES string of the molecule is CC(C)(C)Oc1cc(O)cc(Oc2cc(O)cc(Oc3cc(O)cc(OC(C)(C)C)c3)c2)c1.CC(C)(C)Oc1cc(Oc2cc(OC(C)(C)C)cc(OC(C)(C)C)c2)cc(Oc2cc(OC(C)(C)C)cc(OC(C)(C)C)c2)c1. The van der Waals surface area contributed by atoms with Gasteiger partial charge >= 0.3 is 0 Å². The van der Waals surface area contributed by atoms with Gasteiger partial charge in [-0.05, 0) is 145 Å². The molecule has 0 aliphatic carbocycles. The standard InChI is InChI=1S/C38H54O7.C26H30O7/c1-34(2,3)41-29-17-25(39-27-19-30(42-35(4,5)6)23-31(20-27)43-36(7,8)9)16-26(18-29)40-28-21-32(44-37(10,11)12)24-33(22-28)45-38(13,14)15;1-25(2,3)32-23-11-17(28)9-21(14-23)30-19-7-16(27)8-20(13-19)31-22-10-18(29)12-24(15-22)33-26(4,5)6/h16-24H,1-15H3;7-15,27-29H,1-6H3. The third-order valence-corrected chi connectivity index (χ3v) is 9.07. The highest BCUT2D eigenvalue weighted by Crippen LogP contribution is 2.42. The van der Waals surface area contributed by atoms with Gasteiger partial charge < -0.3 is 67.4 Å². The predicted octanol–water partition coefficient (Wildman–Crippen LogP) is 17.9. The molecular weight excluding hydrogens is 993 g/mol.